The van der Waals surface area contributed by atoms with E-state index in [1.165, 1.54) is 4.88 Å². The highest BCUT2D eigenvalue weighted by molar-refractivity contribution is 9.11. The number of benzene rings is 1. The van der Waals surface area contributed by atoms with Crippen molar-refractivity contribution in [2.75, 3.05) is 11.9 Å². The van der Waals surface area contributed by atoms with Crippen LogP contribution in [0.4, 0.5) is 5.69 Å². The van der Waals surface area contributed by atoms with Crippen molar-refractivity contribution in [2.24, 2.45) is 0 Å². The lowest BCUT2D eigenvalue weighted by atomic mass is 10.2. The van der Waals surface area contributed by atoms with Gasteiger partial charge in [-0.1, -0.05) is 0 Å². The molecule has 2 rings (SSSR count). The summed E-state index contributed by atoms with van der Waals surface area (Å²) in [6.45, 7) is -0.384. The van der Waals surface area contributed by atoms with Crippen LogP contribution in [0.25, 0.3) is 0 Å². The Balaban J connectivity index is 1.73. The quantitative estimate of drug-likeness (QED) is 0.707. The number of amides is 1. The van der Waals surface area contributed by atoms with E-state index in [1.807, 2.05) is 6.07 Å². The van der Waals surface area contributed by atoms with E-state index >= 15 is 0 Å². The lowest BCUT2D eigenvalue weighted by Crippen LogP contribution is -2.12. The molecule has 1 heterocycles. The van der Waals surface area contributed by atoms with E-state index in [0.29, 0.717) is 17.9 Å². The summed E-state index contributed by atoms with van der Waals surface area (Å²) in [6.07, 6.45) is 2.12. The fourth-order valence-electron chi connectivity index (χ4n) is 1.91. The number of ether oxygens (including phenoxy) is 1. The highest BCUT2D eigenvalue weighted by Gasteiger charge is 2.05. The first-order chi connectivity index (χ1) is 11.0. The molecule has 5 nitrogen and oxygen atoms in total. The minimum atomic E-state index is -1.03. The van der Waals surface area contributed by atoms with Crippen LogP contribution in [0.5, 0.6) is 5.75 Å². The SMILES string of the molecule is O=C(O)COc1ccc(NC(=O)CCCc2ccc(Br)s2)cc1. The third-order valence-corrected chi connectivity index (χ3v) is 4.64. The van der Waals surface area contributed by atoms with E-state index < -0.39 is 5.97 Å². The van der Waals surface area contributed by atoms with E-state index in [9.17, 15) is 9.59 Å². The molecule has 0 radical (unpaired) electrons. The standard InChI is InChI=1S/C16H16BrNO4S/c17-14-9-8-13(23-14)2-1-3-15(19)18-11-4-6-12(7-5-11)22-10-16(20)21/h4-9H,1-3,10H2,(H,18,19)(H,20,21). The summed E-state index contributed by atoms with van der Waals surface area (Å²) >= 11 is 5.10. The van der Waals surface area contributed by atoms with E-state index in [4.69, 9.17) is 9.84 Å². The zero-order valence-corrected chi connectivity index (χ0v) is 14.7. The molecule has 2 aromatic rings. The van der Waals surface area contributed by atoms with Crippen molar-refractivity contribution < 1.29 is 19.4 Å². The summed E-state index contributed by atoms with van der Waals surface area (Å²) in [6, 6.07) is 10.7. The molecule has 0 atom stereocenters. The van der Waals surface area contributed by atoms with Crippen molar-refractivity contribution >= 4 is 44.8 Å². The first-order valence-electron chi connectivity index (χ1n) is 7.01. The fourth-order valence-corrected chi connectivity index (χ4v) is 3.44. The van der Waals surface area contributed by atoms with Gasteiger partial charge in [0.2, 0.25) is 5.91 Å². The van der Waals surface area contributed by atoms with Crippen molar-refractivity contribution in [2.45, 2.75) is 19.3 Å². The number of halogens is 1. The Kier molecular flexibility index (Phi) is 6.61. The second-order valence-corrected chi connectivity index (χ2v) is 7.36. The average Bonchev–Trinajstić information content (AvgIpc) is 2.92. The van der Waals surface area contributed by atoms with Crippen molar-refractivity contribution in [1.82, 2.24) is 0 Å². The number of nitrogens with one attached hydrogen (secondary N) is 1. The molecule has 1 aromatic heterocycles. The van der Waals surface area contributed by atoms with E-state index in [1.54, 1.807) is 35.6 Å². The molecule has 2 N–H and O–H groups in total. The molecule has 0 aliphatic heterocycles. The molecule has 0 saturated heterocycles. The van der Waals surface area contributed by atoms with Gasteiger partial charge < -0.3 is 15.2 Å². The molecule has 0 aliphatic rings. The molecule has 0 saturated carbocycles. The van der Waals surface area contributed by atoms with E-state index in [-0.39, 0.29) is 12.5 Å². The third kappa shape index (κ3) is 6.42. The monoisotopic (exact) mass is 397 g/mol. The summed E-state index contributed by atoms with van der Waals surface area (Å²) in [4.78, 5) is 23.5. The number of hydrogen-bond donors (Lipinski definition) is 2. The predicted octanol–water partition coefficient (Wildman–Crippen LogP) is 3.94. The number of aryl methyl sites for hydroxylation is 1. The van der Waals surface area contributed by atoms with Crippen LogP contribution in [0.3, 0.4) is 0 Å². The Bertz CT molecular complexity index is 669. The van der Waals surface area contributed by atoms with Gasteiger partial charge in [0.05, 0.1) is 3.79 Å². The molecule has 23 heavy (non-hydrogen) atoms. The average molecular weight is 398 g/mol. The molecule has 1 amide bonds. The largest absolute Gasteiger partial charge is 0.482 e. The van der Waals surface area contributed by atoms with Gasteiger partial charge in [0.15, 0.2) is 6.61 Å². The highest BCUT2D eigenvalue weighted by Crippen LogP contribution is 2.23. The molecule has 0 unspecified atom stereocenters. The van der Waals surface area contributed by atoms with Crippen molar-refractivity contribution in [3.05, 3.63) is 45.1 Å². The van der Waals surface area contributed by atoms with Crippen molar-refractivity contribution in [1.29, 1.82) is 0 Å². The van der Waals surface area contributed by atoms with Gasteiger partial charge >= 0.3 is 5.97 Å². The smallest absolute Gasteiger partial charge is 0.341 e. The van der Waals surface area contributed by atoms with Gasteiger partial charge in [-0.05, 0) is 65.2 Å². The van der Waals surface area contributed by atoms with Gasteiger partial charge in [0.25, 0.3) is 0 Å². The molecule has 122 valence electrons. The zero-order valence-electron chi connectivity index (χ0n) is 12.3. The second kappa shape index (κ2) is 8.69. The number of rotatable bonds is 8. The van der Waals surface area contributed by atoms with Crippen LogP contribution < -0.4 is 10.1 Å². The van der Waals surface area contributed by atoms with E-state index in [0.717, 1.165) is 16.6 Å². The molecule has 0 fully saturated rings. The van der Waals surface area contributed by atoms with Crippen molar-refractivity contribution in [3.8, 4) is 5.75 Å². The van der Waals surface area contributed by atoms with Crippen LogP contribution in [-0.2, 0) is 16.0 Å². The fraction of sp³-hybridized carbons (Fsp3) is 0.250. The summed E-state index contributed by atoms with van der Waals surface area (Å²) in [5, 5.41) is 11.3. The molecule has 7 heteroatoms. The maximum Gasteiger partial charge on any atom is 0.341 e. The maximum absolute atomic E-state index is 11.9. The lowest BCUT2D eigenvalue weighted by molar-refractivity contribution is -0.139. The zero-order chi connectivity index (χ0) is 16.7. The Morgan fingerprint density at radius 3 is 2.52 bits per heavy atom. The number of carbonyl (C=O) groups is 2. The van der Waals surface area contributed by atoms with Crippen LogP contribution in [0, 0.1) is 0 Å². The number of anilines is 1. The molecule has 0 bridgehead atoms. The van der Waals surface area contributed by atoms with E-state index in [2.05, 4.69) is 27.3 Å². The van der Waals surface area contributed by atoms with Crippen LogP contribution in [0.2, 0.25) is 0 Å². The van der Waals surface area contributed by atoms with Crippen LogP contribution >= 0.6 is 27.3 Å². The molecular formula is C16H16BrNO4S. The summed E-state index contributed by atoms with van der Waals surface area (Å²) < 4.78 is 6.13. The Morgan fingerprint density at radius 2 is 1.91 bits per heavy atom. The van der Waals surface area contributed by atoms with Gasteiger partial charge in [0.1, 0.15) is 5.75 Å². The normalized spacial score (nSPS) is 10.3. The number of carboxylic acids is 1. The second-order valence-electron chi connectivity index (χ2n) is 4.81. The van der Waals surface area contributed by atoms with Gasteiger partial charge in [-0.25, -0.2) is 4.79 Å². The molecule has 0 spiro atoms. The predicted molar refractivity (Wildman–Crippen MR) is 93.2 cm³/mol. The topological polar surface area (TPSA) is 75.6 Å². The Labute approximate surface area is 146 Å². The van der Waals surface area contributed by atoms with Gasteiger partial charge in [-0.3, -0.25) is 4.79 Å². The van der Waals surface area contributed by atoms with Crippen molar-refractivity contribution in [3.63, 3.8) is 0 Å². The highest BCUT2D eigenvalue weighted by atomic mass is 79.9. The van der Waals surface area contributed by atoms with Crippen LogP contribution in [0.15, 0.2) is 40.2 Å². The Morgan fingerprint density at radius 1 is 1.17 bits per heavy atom. The number of carbonyl (C=O) groups excluding carboxylic acids is 1. The molecule has 0 aliphatic carbocycles. The minimum absolute atomic E-state index is 0.0418. The Hall–Kier alpha value is -1.86. The molecular weight excluding hydrogens is 382 g/mol. The van der Waals surface area contributed by atoms with Gasteiger partial charge in [0, 0.05) is 17.0 Å². The number of aliphatic carboxylic acids is 1. The van der Waals surface area contributed by atoms with Gasteiger partial charge in [-0.2, -0.15) is 0 Å². The maximum atomic E-state index is 11.9. The summed E-state index contributed by atoms with van der Waals surface area (Å²) in [5.74, 6) is -0.617. The number of hydrogen-bond acceptors (Lipinski definition) is 4. The van der Waals surface area contributed by atoms with Crippen LogP contribution in [0.1, 0.15) is 17.7 Å². The molecule has 1 aromatic carbocycles. The summed E-state index contributed by atoms with van der Waals surface area (Å²) in [5.41, 5.74) is 0.663. The number of thiophene rings is 1. The third-order valence-electron chi connectivity index (χ3n) is 2.96. The first-order valence-corrected chi connectivity index (χ1v) is 8.62. The van der Waals surface area contributed by atoms with Gasteiger partial charge in [-0.15, -0.1) is 11.3 Å². The van der Waals surface area contributed by atoms with Crippen LogP contribution in [-0.4, -0.2) is 23.6 Å². The summed E-state index contributed by atoms with van der Waals surface area (Å²) in [7, 11) is 0. The lowest BCUT2D eigenvalue weighted by Gasteiger charge is -2.07. The number of carboxylic acid groups (broad SMARTS) is 1. The minimum Gasteiger partial charge on any atom is -0.482 e. The first kappa shape index (κ1) is 17.5.